The third-order valence-corrected chi connectivity index (χ3v) is 6.77. The number of halogens is 2. The summed E-state index contributed by atoms with van der Waals surface area (Å²) in [6, 6.07) is 4.14. The van der Waals surface area contributed by atoms with Gasteiger partial charge in [0.25, 0.3) is 0 Å². The maximum Gasteiger partial charge on any atom is 0.191 e. The SMILES string of the molecule is CCCSc1nc(N)c2ncn(C3CC(O)[C@@H](O)C3)c2n1.Fc1ccc(C2CC2)cc1F. The van der Waals surface area contributed by atoms with Gasteiger partial charge < -0.3 is 20.5 Å². The van der Waals surface area contributed by atoms with E-state index in [1.807, 2.05) is 4.57 Å². The molecule has 2 aliphatic carbocycles. The van der Waals surface area contributed by atoms with E-state index >= 15 is 0 Å². The first-order valence-electron chi connectivity index (χ1n) is 10.8. The lowest BCUT2D eigenvalue weighted by atomic mass is 10.1. The topological polar surface area (TPSA) is 110 Å². The molecule has 2 heterocycles. The van der Waals surface area contributed by atoms with Crippen molar-refractivity contribution in [1.29, 1.82) is 0 Å². The van der Waals surface area contributed by atoms with Crippen molar-refractivity contribution in [3.8, 4) is 0 Å². The number of aliphatic hydroxyl groups excluding tert-OH is 2. The van der Waals surface area contributed by atoms with E-state index in [2.05, 4.69) is 21.9 Å². The van der Waals surface area contributed by atoms with E-state index in [1.165, 1.54) is 12.1 Å². The molecule has 172 valence electrons. The number of nitrogen functional groups attached to an aromatic ring is 1. The van der Waals surface area contributed by atoms with Gasteiger partial charge in [0.15, 0.2) is 28.3 Å². The number of benzene rings is 1. The predicted molar refractivity (Wildman–Crippen MR) is 119 cm³/mol. The summed E-state index contributed by atoms with van der Waals surface area (Å²) in [6.07, 6.45) is 4.53. The van der Waals surface area contributed by atoms with Crippen LogP contribution in [0.25, 0.3) is 11.2 Å². The molecule has 0 aliphatic heterocycles. The fraction of sp³-hybridized carbons (Fsp3) is 0.500. The molecule has 4 N–H and O–H groups in total. The lowest BCUT2D eigenvalue weighted by molar-refractivity contribution is 0.0438. The highest BCUT2D eigenvalue weighted by molar-refractivity contribution is 7.99. The van der Waals surface area contributed by atoms with Crippen LogP contribution in [0.3, 0.4) is 0 Å². The molecule has 2 unspecified atom stereocenters. The quantitative estimate of drug-likeness (QED) is 0.390. The maximum absolute atomic E-state index is 12.6. The van der Waals surface area contributed by atoms with E-state index in [4.69, 9.17) is 5.73 Å². The molecule has 7 nitrogen and oxygen atoms in total. The first-order chi connectivity index (χ1) is 15.4. The highest BCUT2D eigenvalue weighted by atomic mass is 32.2. The number of fused-ring (bicyclic) bond motifs is 1. The van der Waals surface area contributed by atoms with Crippen molar-refractivity contribution in [3.05, 3.63) is 41.7 Å². The number of nitrogens with two attached hydrogens (primary N) is 1. The number of rotatable bonds is 5. The molecule has 2 aliphatic rings. The smallest absolute Gasteiger partial charge is 0.191 e. The van der Waals surface area contributed by atoms with Crippen molar-refractivity contribution < 1.29 is 19.0 Å². The second kappa shape index (κ2) is 9.68. The largest absolute Gasteiger partial charge is 0.390 e. The van der Waals surface area contributed by atoms with E-state index in [0.717, 1.165) is 30.6 Å². The van der Waals surface area contributed by atoms with Crippen molar-refractivity contribution in [2.24, 2.45) is 0 Å². The Kier molecular flexibility index (Phi) is 6.92. The van der Waals surface area contributed by atoms with Gasteiger partial charge in [-0.3, -0.25) is 0 Å². The zero-order valence-electron chi connectivity index (χ0n) is 17.8. The van der Waals surface area contributed by atoms with Crippen molar-refractivity contribution in [2.75, 3.05) is 11.5 Å². The summed E-state index contributed by atoms with van der Waals surface area (Å²) in [5.74, 6) is 0.310. The molecule has 0 amide bonds. The minimum atomic E-state index is -0.755. The molecule has 0 spiro atoms. The molecular weight excluding hydrogens is 436 g/mol. The number of imidazole rings is 1. The number of nitrogens with zero attached hydrogens (tertiary/aromatic N) is 4. The maximum atomic E-state index is 12.6. The second-order valence-electron chi connectivity index (χ2n) is 8.27. The molecule has 3 atom stereocenters. The van der Waals surface area contributed by atoms with Gasteiger partial charge in [0, 0.05) is 11.8 Å². The third kappa shape index (κ3) is 5.02. The molecule has 32 heavy (non-hydrogen) atoms. The zero-order chi connectivity index (χ0) is 22.8. The van der Waals surface area contributed by atoms with E-state index in [-0.39, 0.29) is 6.04 Å². The highest BCUT2D eigenvalue weighted by Gasteiger charge is 2.33. The normalized spacial score (nSPS) is 22.7. The monoisotopic (exact) mass is 463 g/mol. The molecule has 2 fully saturated rings. The van der Waals surface area contributed by atoms with Gasteiger partial charge in [0.1, 0.15) is 5.52 Å². The van der Waals surface area contributed by atoms with Crippen LogP contribution in [-0.2, 0) is 0 Å². The van der Waals surface area contributed by atoms with Crippen LogP contribution >= 0.6 is 11.8 Å². The lowest BCUT2D eigenvalue weighted by Crippen LogP contribution is -2.17. The molecule has 5 rings (SSSR count). The second-order valence-corrected chi connectivity index (χ2v) is 9.33. The highest BCUT2D eigenvalue weighted by Crippen LogP contribution is 2.40. The van der Waals surface area contributed by atoms with Crippen LogP contribution in [0.4, 0.5) is 14.6 Å². The number of aliphatic hydroxyl groups is 2. The molecule has 2 saturated carbocycles. The van der Waals surface area contributed by atoms with Crippen molar-refractivity contribution in [3.63, 3.8) is 0 Å². The summed E-state index contributed by atoms with van der Waals surface area (Å²) in [5.41, 5.74) is 8.14. The van der Waals surface area contributed by atoms with E-state index in [0.29, 0.717) is 40.9 Å². The van der Waals surface area contributed by atoms with Gasteiger partial charge in [-0.2, -0.15) is 0 Å². The Morgan fingerprint density at radius 3 is 2.47 bits per heavy atom. The Bertz CT molecular complexity index is 1080. The first-order valence-corrected chi connectivity index (χ1v) is 11.8. The standard InChI is InChI=1S/C13H19N5O2S.C9H8F2/c1-2-3-21-13-16-11(14)10-12(17-13)18(6-15-10)7-4-8(19)9(20)5-7;10-8-4-3-7(5-9(8)11)6-1-2-6/h6-9,19-20H,2-5H2,1H3,(H2,14,16,17);3-6H,1-2H2/t7?,8-,9?;/m0./s1. The average molecular weight is 464 g/mol. The molecule has 10 heteroatoms. The molecule has 3 aromatic rings. The van der Waals surface area contributed by atoms with Crippen LogP contribution in [0, 0.1) is 11.6 Å². The van der Waals surface area contributed by atoms with Crippen LogP contribution in [-0.4, -0.2) is 47.7 Å². The van der Waals surface area contributed by atoms with Crippen LogP contribution in [0.2, 0.25) is 0 Å². The number of hydrogen-bond donors (Lipinski definition) is 3. The molecule has 1 aromatic carbocycles. The molecular formula is C22H27F2N5O2S. The molecule has 0 saturated heterocycles. The van der Waals surface area contributed by atoms with Gasteiger partial charge in [-0.05, 0) is 55.7 Å². The number of anilines is 1. The lowest BCUT2D eigenvalue weighted by Gasteiger charge is -2.12. The Morgan fingerprint density at radius 2 is 1.84 bits per heavy atom. The Morgan fingerprint density at radius 1 is 1.12 bits per heavy atom. The van der Waals surface area contributed by atoms with Gasteiger partial charge in [0.2, 0.25) is 0 Å². The van der Waals surface area contributed by atoms with E-state index in [9.17, 15) is 19.0 Å². The number of hydrogen-bond acceptors (Lipinski definition) is 7. The predicted octanol–water partition coefficient (Wildman–Crippen LogP) is 3.81. The Hall–Kier alpha value is -2.30. The molecule has 2 aromatic heterocycles. The summed E-state index contributed by atoms with van der Waals surface area (Å²) in [5, 5.41) is 20.1. The van der Waals surface area contributed by atoms with Crippen molar-refractivity contribution in [2.45, 2.75) is 68.4 Å². The first kappa shape index (κ1) is 22.9. The zero-order valence-corrected chi connectivity index (χ0v) is 18.6. The van der Waals surface area contributed by atoms with Gasteiger partial charge in [0.05, 0.1) is 18.5 Å². The molecule has 0 bridgehead atoms. The third-order valence-electron chi connectivity index (χ3n) is 5.72. The Balaban J connectivity index is 0.000000186. The fourth-order valence-electron chi connectivity index (χ4n) is 3.82. The van der Waals surface area contributed by atoms with Crippen LogP contribution < -0.4 is 5.73 Å². The minimum Gasteiger partial charge on any atom is -0.390 e. The number of aromatic nitrogens is 4. The molecule has 0 radical (unpaired) electrons. The Labute approximate surface area is 189 Å². The minimum absolute atomic E-state index is 0.0154. The summed E-state index contributed by atoms with van der Waals surface area (Å²) in [7, 11) is 0. The summed E-state index contributed by atoms with van der Waals surface area (Å²) in [6.45, 7) is 2.10. The van der Waals surface area contributed by atoms with Crippen molar-refractivity contribution in [1.82, 2.24) is 19.5 Å². The van der Waals surface area contributed by atoms with Gasteiger partial charge in [-0.1, -0.05) is 24.8 Å². The number of thioether (sulfide) groups is 1. The van der Waals surface area contributed by atoms with Crippen molar-refractivity contribution >= 4 is 28.7 Å². The summed E-state index contributed by atoms with van der Waals surface area (Å²) < 4.78 is 26.9. The average Bonchev–Trinajstić information content (AvgIpc) is 3.44. The summed E-state index contributed by atoms with van der Waals surface area (Å²) in [4.78, 5) is 13.1. The van der Waals surface area contributed by atoms with Gasteiger partial charge in [-0.15, -0.1) is 0 Å². The van der Waals surface area contributed by atoms with Gasteiger partial charge >= 0.3 is 0 Å². The van der Waals surface area contributed by atoms with Crippen LogP contribution in [0.1, 0.15) is 56.6 Å². The van der Waals surface area contributed by atoms with Crippen LogP contribution in [0.15, 0.2) is 29.7 Å². The van der Waals surface area contributed by atoms with E-state index in [1.54, 1.807) is 24.2 Å². The van der Waals surface area contributed by atoms with Gasteiger partial charge in [-0.25, -0.2) is 23.7 Å². The van der Waals surface area contributed by atoms with Crippen LogP contribution in [0.5, 0.6) is 0 Å². The van der Waals surface area contributed by atoms with E-state index < -0.39 is 23.8 Å². The fourth-order valence-corrected chi connectivity index (χ4v) is 4.52. The summed E-state index contributed by atoms with van der Waals surface area (Å²) >= 11 is 1.56.